The van der Waals surface area contributed by atoms with Crippen LogP contribution in [-0.2, 0) is 4.74 Å². The van der Waals surface area contributed by atoms with Crippen molar-refractivity contribution in [2.75, 3.05) is 18.5 Å². The van der Waals surface area contributed by atoms with E-state index in [0.29, 0.717) is 12.0 Å². The van der Waals surface area contributed by atoms with Gasteiger partial charge in [-0.25, -0.2) is 0 Å². The Kier molecular flexibility index (Phi) is 3.88. The zero-order valence-corrected chi connectivity index (χ0v) is 12.2. The van der Waals surface area contributed by atoms with Gasteiger partial charge in [0.1, 0.15) is 0 Å². The molecule has 1 aliphatic rings. The number of ether oxygens (including phenoxy) is 1. The standard InChI is InChI=1S/C17H22N2O/c1-12-11-17(15-5-3-4-6-16(15)18-12)19-13(2)14-7-9-20-10-8-14/h3-6,11,13-14H,7-10H2,1-2H3,(H,18,19). The molecule has 0 saturated carbocycles. The first kappa shape index (κ1) is 13.4. The van der Waals surface area contributed by atoms with E-state index in [9.17, 15) is 0 Å². The normalized spacial score (nSPS) is 18.1. The number of anilines is 1. The first-order valence-corrected chi connectivity index (χ1v) is 7.45. The first-order chi connectivity index (χ1) is 9.74. The Morgan fingerprint density at radius 1 is 1.25 bits per heavy atom. The second-order valence-electron chi connectivity index (χ2n) is 5.71. The number of aryl methyl sites for hydroxylation is 1. The third kappa shape index (κ3) is 2.78. The maximum atomic E-state index is 5.45. The van der Waals surface area contributed by atoms with E-state index in [0.717, 1.165) is 37.3 Å². The molecule has 1 aromatic heterocycles. The minimum Gasteiger partial charge on any atom is -0.382 e. The summed E-state index contributed by atoms with van der Waals surface area (Å²) in [6.45, 7) is 6.12. The van der Waals surface area contributed by atoms with E-state index >= 15 is 0 Å². The number of rotatable bonds is 3. The van der Waals surface area contributed by atoms with Crippen LogP contribution in [0.25, 0.3) is 10.9 Å². The third-order valence-electron chi connectivity index (χ3n) is 4.20. The molecule has 1 fully saturated rings. The van der Waals surface area contributed by atoms with Gasteiger partial charge in [0, 0.05) is 36.0 Å². The molecule has 106 valence electrons. The number of fused-ring (bicyclic) bond motifs is 1. The number of hydrogen-bond donors (Lipinski definition) is 1. The molecule has 0 aliphatic carbocycles. The molecule has 0 spiro atoms. The lowest BCUT2D eigenvalue weighted by molar-refractivity contribution is 0.0622. The first-order valence-electron chi connectivity index (χ1n) is 7.45. The van der Waals surface area contributed by atoms with Crippen LogP contribution in [0.2, 0.25) is 0 Å². The second-order valence-corrected chi connectivity index (χ2v) is 5.71. The zero-order valence-electron chi connectivity index (χ0n) is 12.2. The maximum absolute atomic E-state index is 5.45. The summed E-state index contributed by atoms with van der Waals surface area (Å²) in [5.41, 5.74) is 3.33. The fourth-order valence-electron chi connectivity index (χ4n) is 3.01. The Labute approximate surface area is 120 Å². The van der Waals surface area contributed by atoms with Crippen LogP contribution in [0.3, 0.4) is 0 Å². The summed E-state index contributed by atoms with van der Waals surface area (Å²) in [7, 11) is 0. The Morgan fingerprint density at radius 2 is 2.00 bits per heavy atom. The lowest BCUT2D eigenvalue weighted by atomic mass is 9.92. The summed E-state index contributed by atoms with van der Waals surface area (Å²) >= 11 is 0. The Bertz CT molecular complexity index is 591. The topological polar surface area (TPSA) is 34.1 Å². The van der Waals surface area contributed by atoms with Crippen molar-refractivity contribution < 1.29 is 4.74 Å². The molecule has 3 nitrogen and oxygen atoms in total. The van der Waals surface area contributed by atoms with Crippen LogP contribution in [0.4, 0.5) is 5.69 Å². The number of benzene rings is 1. The number of nitrogens with one attached hydrogen (secondary N) is 1. The van der Waals surface area contributed by atoms with Gasteiger partial charge in [-0.2, -0.15) is 0 Å². The summed E-state index contributed by atoms with van der Waals surface area (Å²) in [6.07, 6.45) is 2.30. The largest absolute Gasteiger partial charge is 0.382 e. The van der Waals surface area contributed by atoms with Gasteiger partial charge in [-0.15, -0.1) is 0 Å². The fraction of sp³-hybridized carbons (Fsp3) is 0.471. The molecular formula is C17H22N2O. The van der Waals surface area contributed by atoms with E-state index in [1.165, 1.54) is 11.1 Å². The van der Waals surface area contributed by atoms with Crippen molar-refractivity contribution in [3.05, 3.63) is 36.0 Å². The molecule has 2 heterocycles. The van der Waals surface area contributed by atoms with Gasteiger partial charge in [0.05, 0.1) is 5.52 Å². The molecule has 3 heteroatoms. The molecule has 1 unspecified atom stereocenters. The van der Waals surface area contributed by atoms with Gasteiger partial charge in [-0.1, -0.05) is 18.2 Å². The van der Waals surface area contributed by atoms with Gasteiger partial charge in [-0.3, -0.25) is 4.98 Å². The highest BCUT2D eigenvalue weighted by atomic mass is 16.5. The van der Waals surface area contributed by atoms with Crippen LogP contribution < -0.4 is 5.32 Å². The Hall–Kier alpha value is -1.61. The van der Waals surface area contributed by atoms with E-state index < -0.39 is 0 Å². The lowest BCUT2D eigenvalue weighted by Crippen LogP contribution is -2.31. The molecule has 20 heavy (non-hydrogen) atoms. The van der Waals surface area contributed by atoms with Crippen molar-refractivity contribution in [1.82, 2.24) is 4.98 Å². The average molecular weight is 270 g/mol. The summed E-state index contributed by atoms with van der Waals surface area (Å²) in [4.78, 5) is 4.60. The Morgan fingerprint density at radius 3 is 2.80 bits per heavy atom. The number of pyridine rings is 1. The van der Waals surface area contributed by atoms with E-state index in [1.54, 1.807) is 0 Å². The van der Waals surface area contributed by atoms with Crippen LogP contribution in [0.5, 0.6) is 0 Å². The number of nitrogens with zero attached hydrogens (tertiary/aromatic N) is 1. The minimum absolute atomic E-state index is 0.462. The predicted molar refractivity (Wildman–Crippen MR) is 83.1 cm³/mol. The van der Waals surface area contributed by atoms with Crippen LogP contribution in [0, 0.1) is 12.8 Å². The number of aromatic nitrogens is 1. The number of hydrogen-bond acceptors (Lipinski definition) is 3. The van der Waals surface area contributed by atoms with Gasteiger partial charge >= 0.3 is 0 Å². The van der Waals surface area contributed by atoms with Crippen LogP contribution in [-0.4, -0.2) is 24.2 Å². The molecule has 0 radical (unpaired) electrons. The van der Waals surface area contributed by atoms with Gasteiger partial charge in [0.25, 0.3) is 0 Å². The van der Waals surface area contributed by atoms with Crippen LogP contribution in [0.1, 0.15) is 25.5 Å². The molecule has 1 aromatic carbocycles. The Balaban J connectivity index is 1.86. The van der Waals surface area contributed by atoms with Crippen molar-refractivity contribution in [3.63, 3.8) is 0 Å². The molecule has 3 rings (SSSR count). The fourth-order valence-corrected chi connectivity index (χ4v) is 3.01. The average Bonchev–Trinajstić information content (AvgIpc) is 2.48. The van der Waals surface area contributed by atoms with Gasteiger partial charge in [0.15, 0.2) is 0 Å². The highest BCUT2D eigenvalue weighted by Gasteiger charge is 2.20. The quantitative estimate of drug-likeness (QED) is 0.922. The van der Waals surface area contributed by atoms with Crippen molar-refractivity contribution in [2.24, 2.45) is 5.92 Å². The third-order valence-corrected chi connectivity index (χ3v) is 4.20. The molecule has 1 aliphatic heterocycles. The van der Waals surface area contributed by atoms with E-state index in [4.69, 9.17) is 4.74 Å². The highest BCUT2D eigenvalue weighted by molar-refractivity contribution is 5.91. The lowest BCUT2D eigenvalue weighted by Gasteiger charge is -2.29. The smallest absolute Gasteiger partial charge is 0.0725 e. The van der Waals surface area contributed by atoms with Crippen molar-refractivity contribution >= 4 is 16.6 Å². The van der Waals surface area contributed by atoms with Crippen LogP contribution >= 0.6 is 0 Å². The molecule has 1 atom stereocenters. The summed E-state index contributed by atoms with van der Waals surface area (Å²) in [5.74, 6) is 0.691. The van der Waals surface area contributed by atoms with E-state index in [-0.39, 0.29) is 0 Å². The van der Waals surface area contributed by atoms with Crippen molar-refractivity contribution in [3.8, 4) is 0 Å². The van der Waals surface area contributed by atoms with Gasteiger partial charge in [-0.05, 0) is 44.7 Å². The number of para-hydroxylation sites is 1. The molecule has 2 aromatic rings. The van der Waals surface area contributed by atoms with Gasteiger partial charge < -0.3 is 10.1 Å². The maximum Gasteiger partial charge on any atom is 0.0725 e. The summed E-state index contributed by atoms with van der Waals surface area (Å²) in [5, 5.41) is 4.91. The SMILES string of the molecule is Cc1cc(NC(C)C2CCOCC2)c2ccccc2n1. The van der Waals surface area contributed by atoms with Crippen molar-refractivity contribution in [2.45, 2.75) is 32.7 Å². The molecular weight excluding hydrogens is 248 g/mol. The second kappa shape index (κ2) is 5.80. The monoisotopic (exact) mass is 270 g/mol. The van der Waals surface area contributed by atoms with E-state index in [1.807, 2.05) is 6.07 Å². The van der Waals surface area contributed by atoms with E-state index in [2.05, 4.69) is 48.4 Å². The predicted octanol–water partition coefficient (Wildman–Crippen LogP) is 3.77. The molecule has 0 amide bonds. The summed E-state index contributed by atoms with van der Waals surface area (Å²) in [6, 6.07) is 10.9. The van der Waals surface area contributed by atoms with Gasteiger partial charge in [0.2, 0.25) is 0 Å². The van der Waals surface area contributed by atoms with Crippen LogP contribution in [0.15, 0.2) is 30.3 Å². The minimum atomic E-state index is 0.462. The summed E-state index contributed by atoms with van der Waals surface area (Å²) < 4.78 is 5.45. The zero-order chi connectivity index (χ0) is 13.9. The molecule has 0 bridgehead atoms. The molecule has 1 N–H and O–H groups in total. The molecule has 1 saturated heterocycles. The van der Waals surface area contributed by atoms with Crippen molar-refractivity contribution in [1.29, 1.82) is 0 Å². The highest BCUT2D eigenvalue weighted by Crippen LogP contribution is 2.27.